The van der Waals surface area contributed by atoms with Gasteiger partial charge in [0.1, 0.15) is 10.7 Å². The first-order valence-corrected chi connectivity index (χ1v) is 10.2. The summed E-state index contributed by atoms with van der Waals surface area (Å²) >= 11 is 6.15. The standard InChI is InChI=1S/C23H21ClN2O6/c1-4-31-22(29)15-6-5-7-16(12-15)25-19-18(24)20(27)26(21(19)28)17-10-8-14(9-11-17)23(30)32-13(2)3/h5-13,25H,4H2,1-3H3. The Morgan fingerprint density at radius 2 is 1.69 bits per heavy atom. The summed E-state index contributed by atoms with van der Waals surface area (Å²) in [5, 5.41) is 2.52. The summed E-state index contributed by atoms with van der Waals surface area (Å²) in [6.07, 6.45) is -0.275. The van der Waals surface area contributed by atoms with Crippen LogP contribution in [0.4, 0.5) is 11.4 Å². The van der Waals surface area contributed by atoms with E-state index in [1.807, 2.05) is 0 Å². The maximum absolute atomic E-state index is 12.9. The quantitative estimate of drug-likeness (QED) is 0.498. The molecule has 1 N–H and O–H groups in total. The SMILES string of the molecule is CCOC(=O)c1cccc(NC2=C(Cl)C(=O)N(c3ccc(C(=O)OC(C)C)cc3)C2=O)c1. The van der Waals surface area contributed by atoms with E-state index in [0.29, 0.717) is 5.69 Å². The number of benzene rings is 2. The molecule has 1 aliphatic heterocycles. The minimum atomic E-state index is -0.710. The molecule has 0 saturated carbocycles. The third-order valence-corrected chi connectivity index (χ3v) is 4.72. The lowest BCUT2D eigenvalue weighted by Crippen LogP contribution is -2.32. The third kappa shape index (κ3) is 4.81. The van der Waals surface area contributed by atoms with E-state index in [0.717, 1.165) is 4.90 Å². The van der Waals surface area contributed by atoms with Gasteiger partial charge in [0.25, 0.3) is 11.8 Å². The Hall–Kier alpha value is -3.65. The maximum Gasteiger partial charge on any atom is 0.338 e. The molecule has 0 saturated heterocycles. The van der Waals surface area contributed by atoms with Crippen LogP contribution in [0.25, 0.3) is 0 Å². The van der Waals surface area contributed by atoms with Crippen LogP contribution in [0.1, 0.15) is 41.5 Å². The topological polar surface area (TPSA) is 102 Å². The minimum absolute atomic E-state index is 0.124. The van der Waals surface area contributed by atoms with Gasteiger partial charge >= 0.3 is 11.9 Å². The van der Waals surface area contributed by atoms with Crippen LogP contribution in [0.5, 0.6) is 0 Å². The van der Waals surface area contributed by atoms with Crippen molar-refractivity contribution in [2.75, 3.05) is 16.8 Å². The van der Waals surface area contributed by atoms with E-state index in [2.05, 4.69) is 5.32 Å². The number of esters is 2. The predicted octanol–water partition coefficient (Wildman–Crippen LogP) is 3.86. The largest absolute Gasteiger partial charge is 0.462 e. The molecule has 3 rings (SSSR count). The van der Waals surface area contributed by atoms with Crippen molar-refractivity contribution in [1.82, 2.24) is 0 Å². The first-order valence-electron chi connectivity index (χ1n) is 9.86. The summed E-state index contributed by atoms with van der Waals surface area (Å²) in [6.45, 7) is 5.39. The average Bonchev–Trinajstić information content (AvgIpc) is 2.97. The highest BCUT2D eigenvalue weighted by molar-refractivity contribution is 6.53. The lowest BCUT2D eigenvalue weighted by molar-refractivity contribution is -0.120. The lowest BCUT2D eigenvalue weighted by atomic mass is 10.2. The van der Waals surface area contributed by atoms with Crippen molar-refractivity contribution in [2.24, 2.45) is 0 Å². The minimum Gasteiger partial charge on any atom is -0.462 e. The number of carbonyl (C=O) groups is 4. The predicted molar refractivity (Wildman–Crippen MR) is 118 cm³/mol. The molecule has 0 bridgehead atoms. The summed E-state index contributed by atoms with van der Waals surface area (Å²) in [4.78, 5) is 50.4. The second kappa shape index (κ2) is 9.65. The molecule has 0 aromatic heterocycles. The van der Waals surface area contributed by atoms with Crippen molar-refractivity contribution in [3.05, 3.63) is 70.4 Å². The van der Waals surface area contributed by atoms with Crippen molar-refractivity contribution in [1.29, 1.82) is 0 Å². The Kier molecular flexibility index (Phi) is 6.95. The van der Waals surface area contributed by atoms with Crippen LogP contribution in [0.3, 0.4) is 0 Å². The molecule has 0 radical (unpaired) electrons. The molecular formula is C23H21ClN2O6. The van der Waals surface area contributed by atoms with Crippen LogP contribution in [-0.4, -0.2) is 36.5 Å². The van der Waals surface area contributed by atoms with Crippen LogP contribution >= 0.6 is 11.6 Å². The zero-order valence-electron chi connectivity index (χ0n) is 17.7. The average molecular weight is 457 g/mol. The molecule has 1 heterocycles. The molecule has 2 aromatic carbocycles. The van der Waals surface area contributed by atoms with Gasteiger partial charge in [0.2, 0.25) is 0 Å². The Morgan fingerprint density at radius 1 is 1.00 bits per heavy atom. The molecule has 0 aliphatic carbocycles. The third-order valence-electron chi connectivity index (χ3n) is 4.37. The van der Waals surface area contributed by atoms with E-state index in [4.69, 9.17) is 21.1 Å². The summed E-state index contributed by atoms with van der Waals surface area (Å²) in [7, 11) is 0. The number of nitrogens with zero attached hydrogens (tertiary/aromatic N) is 1. The Labute approximate surface area is 189 Å². The fourth-order valence-electron chi connectivity index (χ4n) is 2.96. The number of hydrogen-bond acceptors (Lipinski definition) is 7. The first-order chi connectivity index (χ1) is 15.2. The molecular weight excluding hydrogens is 436 g/mol. The van der Waals surface area contributed by atoms with Crippen molar-refractivity contribution >= 4 is 46.7 Å². The van der Waals surface area contributed by atoms with E-state index in [1.165, 1.54) is 30.3 Å². The molecule has 0 unspecified atom stereocenters. The fourth-order valence-corrected chi connectivity index (χ4v) is 3.17. The molecule has 0 atom stereocenters. The van der Waals surface area contributed by atoms with E-state index in [9.17, 15) is 19.2 Å². The van der Waals surface area contributed by atoms with Gasteiger partial charge in [0.15, 0.2) is 0 Å². The molecule has 8 nitrogen and oxygen atoms in total. The number of imide groups is 1. The first kappa shape index (κ1) is 23.0. The summed E-state index contributed by atoms with van der Waals surface area (Å²) in [6, 6.07) is 12.1. The zero-order valence-corrected chi connectivity index (χ0v) is 18.4. The number of carbonyl (C=O) groups excluding carboxylic acids is 4. The monoisotopic (exact) mass is 456 g/mol. The van der Waals surface area contributed by atoms with Gasteiger partial charge in [-0.1, -0.05) is 17.7 Å². The van der Waals surface area contributed by atoms with Gasteiger partial charge in [-0.15, -0.1) is 0 Å². The van der Waals surface area contributed by atoms with Crippen molar-refractivity contribution in [2.45, 2.75) is 26.9 Å². The zero-order chi connectivity index (χ0) is 23.4. The Bertz CT molecular complexity index is 1110. The summed E-state index contributed by atoms with van der Waals surface area (Å²) in [5.41, 5.74) is 1.08. The van der Waals surface area contributed by atoms with Gasteiger partial charge in [0, 0.05) is 5.69 Å². The number of amides is 2. The van der Waals surface area contributed by atoms with Crippen molar-refractivity contribution in [3.63, 3.8) is 0 Å². The van der Waals surface area contributed by atoms with Gasteiger partial charge in [-0.25, -0.2) is 14.5 Å². The van der Waals surface area contributed by atoms with E-state index in [-0.39, 0.29) is 40.3 Å². The van der Waals surface area contributed by atoms with Crippen LogP contribution in [0, 0.1) is 0 Å². The van der Waals surface area contributed by atoms with Gasteiger partial charge in [-0.3, -0.25) is 9.59 Å². The van der Waals surface area contributed by atoms with E-state index in [1.54, 1.807) is 39.0 Å². The molecule has 1 aliphatic rings. The van der Waals surface area contributed by atoms with Crippen molar-refractivity contribution in [3.8, 4) is 0 Å². The van der Waals surface area contributed by atoms with Crippen LogP contribution in [0.15, 0.2) is 59.3 Å². The molecule has 166 valence electrons. The maximum atomic E-state index is 12.9. The lowest BCUT2D eigenvalue weighted by Gasteiger charge is -2.16. The molecule has 0 fully saturated rings. The highest BCUT2D eigenvalue weighted by Gasteiger charge is 2.39. The number of anilines is 2. The number of ether oxygens (including phenoxy) is 2. The summed E-state index contributed by atoms with van der Waals surface area (Å²) in [5.74, 6) is -2.40. The second-order valence-electron chi connectivity index (χ2n) is 7.06. The normalized spacial score (nSPS) is 13.6. The van der Waals surface area contributed by atoms with E-state index < -0.39 is 23.8 Å². The molecule has 0 spiro atoms. The highest BCUT2D eigenvalue weighted by Crippen LogP contribution is 2.30. The molecule has 9 heteroatoms. The second-order valence-corrected chi connectivity index (χ2v) is 7.44. The Balaban J connectivity index is 1.80. The van der Waals surface area contributed by atoms with Gasteiger partial charge in [-0.2, -0.15) is 0 Å². The smallest absolute Gasteiger partial charge is 0.338 e. The number of halogens is 1. The number of hydrogen-bond donors (Lipinski definition) is 1. The van der Waals surface area contributed by atoms with Crippen molar-refractivity contribution < 1.29 is 28.7 Å². The fraction of sp³-hybridized carbons (Fsp3) is 0.217. The molecule has 2 amide bonds. The van der Waals surface area contributed by atoms with Gasteiger partial charge in [0.05, 0.1) is 29.5 Å². The van der Waals surface area contributed by atoms with Gasteiger partial charge in [-0.05, 0) is 63.2 Å². The van der Waals surface area contributed by atoms with Crippen LogP contribution in [0.2, 0.25) is 0 Å². The molecule has 2 aromatic rings. The number of nitrogens with one attached hydrogen (secondary N) is 1. The van der Waals surface area contributed by atoms with Gasteiger partial charge < -0.3 is 14.8 Å². The molecule has 32 heavy (non-hydrogen) atoms. The van der Waals surface area contributed by atoms with E-state index >= 15 is 0 Å². The Morgan fingerprint density at radius 3 is 2.31 bits per heavy atom. The number of rotatable bonds is 7. The van der Waals surface area contributed by atoms with Crippen LogP contribution < -0.4 is 10.2 Å². The highest BCUT2D eigenvalue weighted by atomic mass is 35.5. The summed E-state index contributed by atoms with van der Waals surface area (Å²) < 4.78 is 10.1. The van der Waals surface area contributed by atoms with Crippen LogP contribution in [-0.2, 0) is 19.1 Å².